The van der Waals surface area contributed by atoms with Crippen molar-refractivity contribution < 1.29 is 47.7 Å². The molecule has 16 heteroatoms. The predicted molar refractivity (Wildman–Crippen MR) is 223 cm³/mol. The molecule has 2 fully saturated rings. The van der Waals surface area contributed by atoms with Gasteiger partial charge in [0.1, 0.15) is 11.5 Å². The molecule has 2 aliphatic rings. The average molecular weight is 844 g/mol. The van der Waals surface area contributed by atoms with E-state index in [-0.39, 0.29) is 60.8 Å². The Morgan fingerprint density at radius 2 is 1.23 bits per heavy atom. The fourth-order valence-electron chi connectivity index (χ4n) is 7.12. The Morgan fingerprint density at radius 1 is 0.700 bits per heavy atom. The van der Waals surface area contributed by atoms with Gasteiger partial charge in [-0.3, -0.25) is 19.2 Å². The molecule has 320 valence electrons. The Labute approximate surface area is 353 Å². The summed E-state index contributed by atoms with van der Waals surface area (Å²) in [5.74, 6) is -2.48. The number of nitrogens with one attached hydrogen (secondary N) is 2. The molecule has 0 unspecified atom stereocenters. The van der Waals surface area contributed by atoms with E-state index in [1.54, 1.807) is 18.2 Å². The van der Waals surface area contributed by atoms with Gasteiger partial charge >= 0.3 is 23.9 Å². The van der Waals surface area contributed by atoms with Crippen molar-refractivity contribution in [2.75, 3.05) is 26.3 Å². The fraction of sp³-hybridized carbons (Fsp3) is 0.477. The zero-order valence-electron chi connectivity index (χ0n) is 33.8. The standard InChI is InChI=1S/C44H53N5O10S/c1-3-38(50)56-25-9-7-23-45-40(52)29-13-17-31(18-14-29)42(54)58-34-21-22-36(33(27-34)28-47-49-44-48-35-11-5-6-12-37(35)60-44)59-43(55)32-19-15-30(16-20-32)41(53)46-24-8-10-26-57-39(51)4-2/h3-6,11-12,21-22,27,29-32H,1-2,7-10,13-20,23-26,28H2,(H,45,52)(H,46,53). The lowest BCUT2D eigenvalue weighted by Crippen LogP contribution is -2.35. The van der Waals surface area contributed by atoms with E-state index >= 15 is 0 Å². The number of nitrogens with zero attached hydrogens (tertiary/aromatic N) is 3. The van der Waals surface area contributed by atoms with Crippen LogP contribution in [0.25, 0.3) is 10.2 Å². The van der Waals surface area contributed by atoms with Crippen LogP contribution in [0, 0.1) is 23.7 Å². The van der Waals surface area contributed by atoms with Crippen molar-refractivity contribution in [3.05, 3.63) is 73.3 Å². The van der Waals surface area contributed by atoms with Crippen LogP contribution in [-0.2, 0) is 44.8 Å². The van der Waals surface area contributed by atoms with Crippen LogP contribution < -0.4 is 20.1 Å². The Morgan fingerprint density at radius 3 is 1.78 bits per heavy atom. The summed E-state index contributed by atoms with van der Waals surface area (Å²) in [6.45, 7) is 8.22. The number of rotatable bonds is 21. The summed E-state index contributed by atoms with van der Waals surface area (Å²) in [4.78, 5) is 79.1. The van der Waals surface area contributed by atoms with Crippen LogP contribution in [0.3, 0.4) is 0 Å². The number of para-hydroxylation sites is 1. The van der Waals surface area contributed by atoms with Gasteiger partial charge in [-0.05, 0) is 107 Å². The van der Waals surface area contributed by atoms with E-state index in [2.05, 4.69) is 39.0 Å². The number of azo groups is 1. The number of thiazole rings is 1. The van der Waals surface area contributed by atoms with Crippen molar-refractivity contribution in [1.82, 2.24) is 15.6 Å². The van der Waals surface area contributed by atoms with Crippen LogP contribution in [0.15, 0.2) is 78.0 Å². The molecule has 0 bridgehead atoms. The molecule has 2 aliphatic carbocycles. The molecule has 3 aromatic rings. The van der Waals surface area contributed by atoms with Gasteiger partial charge in [0.15, 0.2) is 0 Å². The second-order valence-electron chi connectivity index (χ2n) is 14.8. The number of esters is 4. The molecule has 2 aromatic carbocycles. The summed E-state index contributed by atoms with van der Waals surface area (Å²) in [5.41, 5.74) is 1.30. The first-order valence-electron chi connectivity index (χ1n) is 20.6. The summed E-state index contributed by atoms with van der Waals surface area (Å²) in [7, 11) is 0. The quantitative estimate of drug-likeness (QED) is 0.0360. The molecular formula is C44H53N5O10S. The fourth-order valence-corrected chi connectivity index (χ4v) is 7.92. The summed E-state index contributed by atoms with van der Waals surface area (Å²) < 4.78 is 22.6. The third-order valence-electron chi connectivity index (χ3n) is 10.6. The van der Waals surface area contributed by atoms with E-state index in [0.29, 0.717) is 101 Å². The highest BCUT2D eigenvalue weighted by Gasteiger charge is 2.33. The van der Waals surface area contributed by atoms with Crippen LogP contribution in [0.2, 0.25) is 0 Å². The molecule has 0 spiro atoms. The highest BCUT2D eigenvalue weighted by Crippen LogP contribution is 2.34. The molecule has 1 aromatic heterocycles. The Kier molecular flexibility index (Phi) is 17.9. The SMILES string of the molecule is C=CC(=O)OCCCCNC(=O)C1CCC(C(=O)Oc2ccc(OC(=O)C3CCC(C(=O)NCCCCOC(=O)C=C)CC3)c(CN=Nc3nc4ccccc4s3)c2)CC1. The van der Waals surface area contributed by atoms with Crippen LogP contribution >= 0.6 is 11.3 Å². The molecule has 0 atom stereocenters. The molecule has 15 nitrogen and oxygen atoms in total. The Bertz CT molecular complexity index is 1980. The van der Waals surface area contributed by atoms with Gasteiger partial charge in [0.2, 0.25) is 16.9 Å². The summed E-state index contributed by atoms with van der Waals surface area (Å²) in [5, 5.41) is 15.0. The molecule has 2 saturated carbocycles. The topological polar surface area (TPSA) is 201 Å². The van der Waals surface area contributed by atoms with Crippen molar-refractivity contribution in [1.29, 1.82) is 0 Å². The molecule has 2 amide bonds. The first kappa shape index (κ1) is 45.3. The second kappa shape index (κ2) is 23.7. The summed E-state index contributed by atoms with van der Waals surface area (Å²) in [6.07, 6.45) is 9.02. The molecule has 0 saturated heterocycles. The lowest BCUT2D eigenvalue weighted by Gasteiger charge is -2.27. The number of ether oxygens (including phenoxy) is 4. The van der Waals surface area contributed by atoms with Crippen LogP contribution in [0.5, 0.6) is 11.5 Å². The number of carbonyl (C=O) groups excluding carboxylic acids is 6. The van der Waals surface area contributed by atoms with Gasteiger partial charge < -0.3 is 29.6 Å². The number of amides is 2. The Hall–Kier alpha value is -5.77. The third kappa shape index (κ3) is 14.2. The van der Waals surface area contributed by atoms with E-state index in [0.717, 1.165) is 22.4 Å². The number of hydrogen-bond donors (Lipinski definition) is 2. The van der Waals surface area contributed by atoms with Gasteiger partial charge in [0.25, 0.3) is 0 Å². The molecule has 1 heterocycles. The number of unbranched alkanes of at least 4 members (excludes halogenated alkanes) is 2. The minimum Gasteiger partial charge on any atom is -0.463 e. The number of benzene rings is 2. The largest absolute Gasteiger partial charge is 0.463 e. The number of aromatic nitrogens is 1. The van der Waals surface area contributed by atoms with Gasteiger partial charge in [-0.25, -0.2) is 14.6 Å². The van der Waals surface area contributed by atoms with Crippen LogP contribution in [0.4, 0.5) is 5.13 Å². The third-order valence-corrected chi connectivity index (χ3v) is 11.5. The van der Waals surface area contributed by atoms with E-state index in [1.165, 1.54) is 11.3 Å². The van der Waals surface area contributed by atoms with Crippen LogP contribution in [-0.4, -0.2) is 67.0 Å². The van der Waals surface area contributed by atoms with Crippen LogP contribution in [0.1, 0.15) is 82.6 Å². The molecule has 2 N–H and O–H groups in total. The first-order chi connectivity index (χ1) is 29.1. The maximum absolute atomic E-state index is 13.4. The van der Waals surface area contributed by atoms with Crippen molar-refractivity contribution in [3.8, 4) is 11.5 Å². The van der Waals surface area contributed by atoms with Crippen molar-refractivity contribution in [3.63, 3.8) is 0 Å². The van der Waals surface area contributed by atoms with E-state index < -0.39 is 29.8 Å². The zero-order chi connectivity index (χ0) is 42.7. The van der Waals surface area contributed by atoms with Crippen molar-refractivity contribution in [2.45, 2.75) is 83.6 Å². The van der Waals surface area contributed by atoms with E-state index in [1.807, 2.05) is 24.3 Å². The highest BCUT2D eigenvalue weighted by atomic mass is 32.1. The molecule has 0 radical (unpaired) electrons. The zero-order valence-corrected chi connectivity index (χ0v) is 34.6. The summed E-state index contributed by atoms with van der Waals surface area (Å²) in [6, 6.07) is 12.5. The van der Waals surface area contributed by atoms with Gasteiger partial charge in [0.05, 0.1) is 41.8 Å². The first-order valence-corrected chi connectivity index (χ1v) is 21.4. The maximum Gasteiger partial charge on any atom is 0.330 e. The average Bonchev–Trinajstić information content (AvgIpc) is 3.69. The number of fused-ring (bicyclic) bond motifs is 1. The highest BCUT2D eigenvalue weighted by molar-refractivity contribution is 7.21. The second-order valence-corrected chi connectivity index (χ2v) is 15.8. The Balaban J connectivity index is 1.13. The van der Waals surface area contributed by atoms with Gasteiger partial charge in [-0.1, -0.05) is 36.6 Å². The lowest BCUT2D eigenvalue weighted by molar-refractivity contribution is -0.142. The van der Waals surface area contributed by atoms with Crippen molar-refractivity contribution >= 4 is 62.4 Å². The number of carbonyl (C=O) groups is 6. The van der Waals surface area contributed by atoms with Gasteiger partial charge in [-0.2, -0.15) is 5.11 Å². The minimum absolute atomic E-state index is 0.0215. The lowest BCUT2D eigenvalue weighted by atomic mass is 9.81. The maximum atomic E-state index is 13.4. The smallest absolute Gasteiger partial charge is 0.330 e. The molecule has 0 aliphatic heterocycles. The van der Waals surface area contributed by atoms with Gasteiger partial charge in [0, 0.05) is 42.6 Å². The monoisotopic (exact) mass is 843 g/mol. The predicted octanol–water partition coefficient (Wildman–Crippen LogP) is 7.26. The van der Waals surface area contributed by atoms with Gasteiger partial charge in [-0.15, -0.1) is 5.11 Å². The molecular weight excluding hydrogens is 791 g/mol. The minimum atomic E-state index is -0.471. The van der Waals surface area contributed by atoms with E-state index in [9.17, 15) is 28.8 Å². The molecule has 60 heavy (non-hydrogen) atoms. The van der Waals surface area contributed by atoms with E-state index in [4.69, 9.17) is 18.9 Å². The normalized spacial score (nSPS) is 18.9. The summed E-state index contributed by atoms with van der Waals surface area (Å²) >= 11 is 1.40. The molecule has 5 rings (SSSR count). The van der Waals surface area contributed by atoms with Crippen molar-refractivity contribution in [2.24, 2.45) is 33.9 Å². The number of hydrogen-bond acceptors (Lipinski definition) is 14.